The normalized spacial score (nSPS) is 10.5. The second kappa shape index (κ2) is 19.2. The summed E-state index contributed by atoms with van der Waals surface area (Å²) in [6.07, 6.45) is 21.5. The predicted octanol–water partition coefficient (Wildman–Crippen LogP) is 4.71. The Hall–Kier alpha value is 0.856. The van der Waals surface area contributed by atoms with Crippen LogP contribution < -0.4 is 51.4 Å². The van der Waals surface area contributed by atoms with Crippen molar-refractivity contribution in [1.29, 1.82) is 0 Å². The van der Waals surface area contributed by atoms with Crippen molar-refractivity contribution in [3.05, 3.63) is 35.9 Å². The van der Waals surface area contributed by atoms with Crippen LogP contribution in [0.3, 0.4) is 0 Å². The van der Waals surface area contributed by atoms with E-state index in [4.69, 9.17) is 0 Å². The molecule has 126 valence electrons. The summed E-state index contributed by atoms with van der Waals surface area (Å²) in [5.74, 6) is 0. The van der Waals surface area contributed by atoms with E-state index in [1.54, 1.807) is 0 Å². The monoisotopic (exact) mass is 341 g/mol. The molecule has 0 spiro atoms. The zero-order valence-electron chi connectivity index (χ0n) is 16.0. The van der Waals surface area contributed by atoms with Gasteiger partial charge in [-0.15, -0.1) is 0 Å². The summed E-state index contributed by atoms with van der Waals surface area (Å²) in [5.41, 5.74) is 1.50. The SMILES string of the molecule is CCCCCCCCCCCCCCCCc1ccccc1.[K+]. The maximum atomic E-state index is 2.29. The van der Waals surface area contributed by atoms with E-state index in [1.807, 2.05) is 0 Å². The van der Waals surface area contributed by atoms with Crippen molar-refractivity contribution in [3.63, 3.8) is 0 Å². The molecule has 0 radical (unpaired) electrons. The van der Waals surface area contributed by atoms with Gasteiger partial charge >= 0.3 is 51.4 Å². The Morgan fingerprint density at radius 2 is 0.913 bits per heavy atom. The number of unbranched alkanes of at least 4 members (excludes halogenated alkanes) is 13. The molecule has 23 heavy (non-hydrogen) atoms. The fraction of sp³-hybridized carbons (Fsp3) is 0.727. The van der Waals surface area contributed by atoms with Gasteiger partial charge in [0, 0.05) is 0 Å². The average molecular weight is 342 g/mol. The molecule has 0 fully saturated rings. The Bertz CT molecular complexity index is 320. The molecular formula is C22H38K+. The Labute approximate surface area is 188 Å². The van der Waals surface area contributed by atoms with Gasteiger partial charge in [0.2, 0.25) is 0 Å². The molecular weight excluding hydrogens is 303 g/mol. The third kappa shape index (κ3) is 16.1. The van der Waals surface area contributed by atoms with Crippen molar-refractivity contribution in [2.75, 3.05) is 0 Å². The Balaban J connectivity index is 0.00000484. The first-order valence-electron chi connectivity index (χ1n) is 9.97. The molecule has 0 saturated heterocycles. The van der Waals surface area contributed by atoms with Gasteiger partial charge in [0.05, 0.1) is 0 Å². The van der Waals surface area contributed by atoms with Crippen LogP contribution in [0.15, 0.2) is 30.3 Å². The summed E-state index contributed by atoms with van der Waals surface area (Å²) in [6, 6.07) is 10.9. The Morgan fingerprint density at radius 1 is 0.522 bits per heavy atom. The van der Waals surface area contributed by atoms with Crippen molar-refractivity contribution in [3.8, 4) is 0 Å². The number of aryl methyl sites for hydroxylation is 1. The minimum atomic E-state index is 0. The van der Waals surface area contributed by atoms with Crippen molar-refractivity contribution >= 4 is 0 Å². The summed E-state index contributed by atoms with van der Waals surface area (Å²) in [4.78, 5) is 0. The maximum absolute atomic E-state index is 2.29. The van der Waals surface area contributed by atoms with Crippen molar-refractivity contribution in [2.24, 2.45) is 0 Å². The van der Waals surface area contributed by atoms with Gasteiger partial charge < -0.3 is 0 Å². The van der Waals surface area contributed by atoms with Crippen LogP contribution in [-0.2, 0) is 6.42 Å². The Morgan fingerprint density at radius 3 is 1.35 bits per heavy atom. The fourth-order valence-electron chi connectivity index (χ4n) is 3.17. The van der Waals surface area contributed by atoms with Crippen molar-refractivity contribution in [1.82, 2.24) is 0 Å². The molecule has 0 N–H and O–H groups in total. The summed E-state index contributed by atoms with van der Waals surface area (Å²) in [7, 11) is 0. The number of benzene rings is 1. The third-order valence-corrected chi connectivity index (χ3v) is 4.66. The smallest absolute Gasteiger partial charge is 0.0654 e. The van der Waals surface area contributed by atoms with E-state index in [0.717, 1.165) is 0 Å². The predicted molar refractivity (Wildman–Crippen MR) is 100 cm³/mol. The third-order valence-electron chi connectivity index (χ3n) is 4.66. The summed E-state index contributed by atoms with van der Waals surface area (Å²) < 4.78 is 0. The topological polar surface area (TPSA) is 0 Å². The molecule has 0 atom stereocenters. The van der Waals surface area contributed by atoms with Crippen molar-refractivity contribution < 1.29 is 51.4 Å². The quantitative estimate of drug-likeness (QED) is 0.320. The zero-order chi connectivity index (χ0) is 15.7. The van der Waals surface area contributed by atoms with E-state index in [-0.39, 0.29) is 51.4 Å². The van der Waals surface area contributed by atoms with Crippen LogP contribution in [0.2, 0.25) is 0 Å². The van der Waals surface area contributed by atoms with Crippen LogP contribution in [0.1, 0.15) is 102 Å². The van der Waals surface area contributed by atoms with E-state index < -0.39 is 0 Å². The minimum absolute atomic E-state index is 0. The first-order valence-corrected chi connectivity index (χ1v) is 9.97. The summed E-state index contributed by atoms with van der Waals surface area (Å²) >= 11 is 0. The van der Waals surface area contributed by atoms with E-state index in [2.05, 4.69) is 37.3 Å². The maximum Gasteiger partial charge on any atom is 1.00 e. The standard InChI is InChI=1S/C22H38.K/c1-2-3-4-5-6-7-8-9-10-11-12-13-14-16-19-22-20-17-15-18-21-22;/h15,17-18,20-21H,2-14,16,19H2,1H3;/q;+1. The molecule has 0 aliphatic rings. The van der Waals surface area contributed by atoms with Crippen LogP contribution in [0.25, 0.3) is 0 Å². The molecule has 0 saturated carbocycles. The van der Waals surface area contributed by atoms with Gasteiger partial charge in [0.25, 0.3) is 0 Å². The van der Waals surface area contributed by atoms with Gasteiger partial charge in [0.1, 0.15) is 0 Å². The molecule has 0 aromatic heterocycles. The molecule has 1 rings (SSSR count). The van der Waals surface area contributed by atoms with Crippen molar-refractivity contribution in [2.45, 2.75) is 103 Å². The number of hydrogen-bond acceptors (Lipinski definition) is 0. The van der Waals surface area contributed by atoms with Crippen LogP contribution in [0.4, 0.5) is 0 Å². The molecule has 0 unspecified atom stereocenters. The molecule has 0 aliphatic heterocycles. The van der Waals surface area contributed by atoms with E-state index in [9.17, 15) is 0 Å². The largest absolute Gasteiger partial charge is 1.00 e. The average Bonchev–Trinajstić information content (AvgIpc) is 2.56. The molecule has 0 heterocycles. The van der Waals surface area contributed by atoms with Gasteiger partial charge in [-0.1, -0.05) is 121 Å². The summed E-state index contributed by atoms with van der Waals surface area (Å²) in [6.45, 7) is 2.29. The van der Waals surface area contributed by atoms with Crippen LogP contribution in [-0.4, -0.2) is 0 Å². The number of hydrogen-bond donors (Lipinski definition) is 0. The number of rotatable bonds is 15. The van der Waals surface area contributed by atoms with E-state index in [0.29, 0.717) is 0 Å². The molecule has 0 aliphatic carbocycles. The molecule has 0 amide bonds. The van der Waals surface area contributed by atoms with E-state index in [1.165, 1.54) is 102 Å². The molecule has 0 nitrogen and oxygen atoms in total. The van der Waals surface area contributed by atoms with Gasteiger partial charge in [0.15, 0.2) is 0 Å². The zero-order valence-corrected chi connectivity index (χ0v) is 19.1. The molecule has 1 aromatic rings. The van der Waals surface area contributed by atoms with Gasteiger partial charge in [-0.3, -0.25) is 0 Å². The van der Waals surface area contributed by atoms with Gasteiger partial charge in [-0.25, -0.2) is 0 Å². The van der Waals surface area contributed by atoms with Gasteiger partial charge in [-0.2, -0.15) is 0 Å². The molecule has 1 heteroatoms. The first kappa shape index (κ1) is 23.9. The fourth-order valence-corrected chi connectivity index (χ4v) is 3.17. The first-order chi connectivity index (χ1) is 10.9. The van der Waals surface area contributed by atoms with Crippen LogP contribution in [0, 0.1) is 0 Å². The second-order valence-electron chi connectivity index (χ2n) is 6.83. The second-order valence-corrected chi connectivity index (χ2v) is 6.83. The Kier molecular flexibility index (Phi) is 19.9. The van der Waals surface area contributed by atoms with Crippen LogP contribution >= 0.6 is 0 Å². The van der Waals surface area contributed by atoms with Gasteiger partial charge in [-0.05, 0) is 18.4 Å². The summed E-state index contributed by atoms with van der Waals surface area (Å²) in [5, 5.41) is 0. The van der Waals surface area contributed by atoms with E-state index >= 15 is 0 Å². The molecule has 1 aromatic carbocycles. The van der Waals surface area contributed by atoms with Crippen LogP contribution in [0.5, 0.6) is 0 Å². The molecule has 0 bridgehead atoms. The minimum Gasteiger partial charge on any atom is -0.0654 e.